The van der Waals surface area contributed by atoms with Crippen molar-refractivity contribution < 1.29 is 14.9 Å². The summed E-state index contributed by atoms with van der Waals surface area (Å²) in [7, 11) is 0. The van der Waals surface area contributed by atoms with Gasteiger partial charge in [-0.3, -0.25) is 0 Å². The minimum Gasteiger partial charge on any atom is -0.508 e. The Kier molecular flexibility index (Phi) is 5.15. The second-order valence-corrected chi connectivity index (χ2v) is 8.79. The molecule has 2 heterocycles. The van der Waals surface area contributed by atoms with E-state index in [-0.39, 0.29) is 22.9 Å². The number of phenolic OH excluding ortho intramolecular Hbond substituents is 2. The number of phenols is 2. The molecule has 2 aliphatic heterocycles. The molecule has 0 aliphatic carbocycles. The SMILES string of the molecule is Oc1ccc([C@H]2Sc3cc(O)ccc3O[C@H]2c2ccc(C3=CCNCC3)cc2)cc1. The van der Waals surface area contributed by atoms with E-state index >= 15 is 0 Å². The first-order valence-electron chi connectivity index (χ1n) is 10.1. The van der Waals surface area contributed by atoms with Gasteiger partial charge in [-0.05, 0) is 65.6 Å². The second kappa shape index (κ2) is 8.09. The summed E-state index contributed by atoms with van der Waals surface area (Å²) < 4.78 is 6.44. The van der Waals surface area contributed by atoms with Crippen molar-refractivity contribution in [2.24, 2.45) is 0 Å². The molecule has 0 bridgehead atoms. The van der Waals surface area contributed by atoms with Crippen molar-refractivity contribution in [2.75, 3.05) is 13.1 Å². The maximum absolute atomic E-state index is 9.91. The van der Waals surface area contributed by atoms with E-state index in [0.29, 0.717) is 0 Å². The zero-order valence-electron chi connectivity index (χ0n) is 16.4. The number of nitrogens with one attached hydrogen (secondary N) is 1. The zero-order chi connectivity index (χ0) is 20.5. The predicted octanol–water partition coefficient (Wildman–Crippen LogP) is 5.44. The molecule has 0 unspecified atom stereocenters. The van der Waals surface area contributed by atoms with Crippen LogP contribution in [0.15, 0.2) is 77.7 Å². The van der Waals surface area contributed by atoms with Gasteiger partial charge in [-0.2, -0.15) is 0 Å². The molecule has 152 valence electrons. The summed E-state index contributed by atoms with van der Waals surface area (Å²) in [6.45, 7) is 1.94. The normalized spacial score (nSPS) is 20.7. The van der Waals surface area contributed by atoms with Crippen LogP contribution in [0.1, 0.15) is 34.5 Å². The Balaban J connectivity index is 1.51. The first-order chi connectivity index (χ1) is 14.7. The number of aromatic hydroxyl groups is 2. The van der Waals surface area contributed by atoms with E-state index in [1.807, 2.05) is 18.2 Å². The molecule has 3 aromatic rings. The highest BCUT2D eigenvalue weighted by atomic mass is 32.2. The quantitative estimate of drug-likeness (QED) is 0.530. The zero-order valence-corrected chi connectivity index (χ0v) is 17.2. The molecule has 4 nitrogen and oxygen atoms in total. The number of benzene rings is 3. The minimum absolute atomic E-state index is 0.00356. The van der Waals surface area contributed by atoms with Gasteiger partial charge in [0, 0.05) is 6.54 Å². The smallest absolute Gasteiger partial charge is 0.140 e. The fourth-order valence-electron chi connectivity index (χ4n) is 4.00. The maximum Gasteiger partial charge on any atom is 0.140 e. The average molecular weight is 418 g/mol. The Morgan fingerprint density at radius 1 is 0.867 bits per heavy atom. The molecule has 5 rings (SSSR count). The fraction of sp³-hybridized carbons (Fsp3) is 0.200. The number of fused-ring (bicyclic) bond motifs is 1. The third kappa shape index (κ3) is 3.78. The summed E-state index contributed by atoms with van der Waals surface area (Å²) in [5.41, 5.74) is 4.82. The van der Waals surface area contributed by atoms with Gasteiger partial charge in [-0.1, -0.05) is 42.5 Å². The third-order valence-electron chi connectivity index (χ3n) is 5.61. The largest absolute Gasteiger partial charge is 0.508 e. The molecule has 0 amide bonds. The first-order valence-corrected chi connectivity index (χ1v) is 11.0. The van der Waals surface area contributed by atoms with E-state index in [9.17, 15) is 10.2 Å². The molecule has 0 radical (unpaired) electrons. The van der Waals surface area contributed by atoms with Crippen molar-refractivity contribution in [3.05, 3.63) is 89.5 Å². The monoisotopic (exact) mass is 417 g/mol. The average Bonchev–Trinajstić information content (AvgIpc) is 2.79. The van der Waals surface area contributed by atoms with Crippen LogP contribution in [0, 0.1) is 0 Å². The number of ether oxygens (including phenoxy) is 1. The van der Waals surface area contributed by atoms with Crippen LogP contribution in [0.3, 0.4) is 0 Å². The van der Waals surface area contributed by atoms with Gasteiger partial charge >= 0.3 is 0 Å². The van der Waals surface area contributed by atoms with E-state index in [1.165, 1.54) is 11.1 Å². The number of hydrogen-bond acceptors (Lipinski definition) is 5. The van der Waals surface area contributed by atoms with Gasteiger partial charge in [0.1, 0.15) is 23.4 Å². The van der Waals surface area contributed by atoms with Crippen molar-refractivity contribution in [1.82, 2.24) is 5.32 Å². The minimum atomic E-state index is -0.173. The molecule has 0 saturated carbocycles. The molecule has 0 saturated heterocycles. The van der Waals surface area contributed by atoms with Crippen molar-refractivity contribution in [1.29, 1.82) is 0 Å². The van der Waals surface area contributed by atoms with Crippen molar-refractivity contribution in [2.45, 2.75) is 22.7 Å². The summed E-state index contributed by atoms with van der Waals surface area (Å²) in [4.78, 5) is 0.917. The first kappa shape index (κ1) is 19.1. The van der Waals surface area contributed by atoms with E-state index < -0.39 is 0 Å². The number of hydrogen-bond donors (Lipinski definition) is 3. The van der Waals surface area contributed by atoms with Gasteiger partial charge in [0.05, 0.1) is 10.1 Å². The predicted molar refractivity (Wildman–Crippen MR) is 120 cm³/mol. The molecule has 0 spiro atoms. The van der Waals surface area contributed by atoms with E-state index in [1.54, 1.807) is 36.0 Å². The van der Waals surface area contributed by atoms with Crippen LogP contribution < -0.4 is 10.1 Å². The van der Waals surface area contributed by atoms with Crippen LogP contribution in [0.4, 0.5) is 0 Å². The van der Waals surface area contributed by atoms with E-state index in [4.69, 9.17) is 4.74 Å². The standard InChI is InChI=1S/C25H23NO3S/c27-20-7-5-19(6-8-20)25-24(29-22-10-9-21(28)15-23(22)30-25)18-3-1-16(2-4-18)17-11-13-26-14-12-17/h1-11,15,24-28H,12-14H2/t24-,25+/m0/s1. The number of thioether (sulfide) groups is 1. The lowest BCUT2D eigenvalue weighted by Crippen LogP contribution is -2.20. The second-order valence-electron chi connectivity index (χ2n) is 7.60. The van der Waals surface area contributed by atoms with Crippen LogP contribution >= 0.6 is 11.8 Å². The summed E-state index contributed by atoms with van der Waals surface area (Å²) in [6, 6.07) is 21.2. The summed E-state index contributed by atoms with van der Waals surface area (Å²) >= 11 is 1.68. The highest BCUT2D eigenvalue weighted by Gasteiger charge is 2.33. The summed E-state index contributed by atoms with van der Waals surface area (Å²) in [5.74, 6) is 1.25. The molecule has 3 aromatic carbocycles. The van der Waals surface area contributed by atoms with Gasteiger partial charge in [-0.15, -0.1) is 11.8 Å². The Morgan fingerprint density at radius 2 is 1.60 bits per heavy atom. The highest BCUT2D eigenvalue weighted by molar-refractivity contribution is 7.99. The molecule has 2 atom stereocenters. The lowest BCUT2D eigenvalue weighted by atomic mass is 9.95. The van der Waals surface area contributed by atoms with Crippen LogP contribution in [0.2, 0.25) is 0 Å². The Morgan fingerprint density at radius 3 is 2.33 bits per heavy atom. The van der Waals surface area contributed by atoms with Crippen molar-refractivity contribution in [3.63, 3.8) is 0 Å². The molecule has 0 aromatic heterocycles. The third-order valence-corrected chi connectivity index (χ3v) is 6.95. The number of rotatable bonds is 3. The molecule has 3 N–H and O–H groups in total. The van der Waals surface area contributed by atoms with Gasteiger partial charge in [0.25, 0.3) is 0 Å². The van der Waals surface area contributed by atoms with Crippen LogP contribution in [0.25, 0.3) is 5.57 Å². The molecule has 5 heteroatoms. The maximum atomic E-state index is 9.91. The Bertz CT molecular complexity index is 1080. The summed E-state index contributed by atoms with van der Waals surface area (Å²) in [5, 5.41) is 23.0. The molecule has 30 heavy (non-hydrogen) atoms. The van der Waals surface area contributed by atoms with Crippen LogP contribution in [-0.2, 0) is 0 Å². The van der Waals surface area contributed by atoms with Gasteiger partial charge < -0.3 is 20.3 Å². The van der Waals surface area contributed by atoms with E-state index in [2.05, 4.69) is 35.7 Å². The molecular weight excluding hydrogens is 394 g/mol. The molecule has 2 aliphatic rings. The molecular formula is C25H23NO3S. The Hall–Kier alpha value is -2.89. The van der Waals surface area contributed by atoms with Crippen molar-refractivity contribution >= 4 is 17.3 Å². The lowest BCUT2D eigenvalue weighted by molar-refractivity contribution is 0.190. The van der Waals surface area contributed by atoms with Gasteiger partial charge in [0.15, 0.2) is 0 Å². The van der Waals surface area contributed by atoms with E-state index in [0.717, 1.165) is 41.3 Å². The lowest BCUT2D eigenvalue weighted by Gasteiger charge is -2.34. The van der Waals surface area contributed by atoms with Crippen LogP contribution in [0.5, 0.6) is 17.2 Å². The fourth-order valence-corrected chi connectivity index (χ4v) is 5.33. The Labute approximate surface area is 180 Å². The van der Waals surface area contributed by atoms with Crippen molar-refractivity contribution in [3.8, 4) is 17.2 Å². The summed E-state index contributed by atoms with van der Waals surface area (Å²) in [6.07, 6.45) is 3.13. The van der Waals surface area contributed by atoms with Gasteiger partial charge in [-0.25, -0.2) is 0 Å². The topological polar surface area (TPSA) is 61.7 Å². The molecule has 0 fully saturated rings. The van der Waals surface area contributed by atoms with Crippen LogP contribution in [-0.4, -0.2) is 23.3 Å². The van der Waals surface area contributed by atoms with Gasteiger partial charge in [0.2, 0.25) is 0 Å². The highest BCUT2D eigenvalue weighted by Crippen LogP contribution is 2.54.